The van der Waals surface area contributed by atoms with Crippen molar-refractivity contribution < 1.29 is 39.3 Å². The van der Waals surface area contributed by atoms with Gasteiger partial charge in [0.15, 0.2) is 0 Å². The van der Waals surface area contributed by atoms with E-state index in [4.69, 9.17) is 15.3 Å². The van der Waals surface area contributed by atoms with Gasteiger partial charge in [0.05, 0.1) is 12.3 Å². The van der Waals surface area contributed by atoms with E-state index in [1.807, 2.05) is 0 Å². The van der Waals surface area contributed by atoms with Gasteiger partial charge < -0.3 is 25.4 Å². The molecule has 0 bridgehead atoms. The molecule has 0 aliphatic carbocycles. The number of ketones is 1. The molecule has 0 aliphatic rings. The highest BCUT2D eigenvalue weighted by atomic mass is 16.4. The van der Waals surface area contributed by atoms with Crippen molar-refractivity contribution in [2.45, 2.75) is 38.6 Å². The molecule has 0 heterocycles. The number of carbonyl (C=O) groups excluding carboxylic acids is 2. The Labute approximate surface area is 119 Å². The van der Waals surface area contributed by atoms with Crippen molar-refractivity contribution in [3.8, 4) is 0 Å². The molecule has 9 heteroatoms. The van der Waals surface area contributed by atoms with Crippen LogP contribution >= 0.6 is 0 Å². The van der Waals surface area contributed by atoms with Crippen LogP contribution in [0.4, 0.5) is 0 Å². The zero-order valence-corrected chi connectivity index (χ0v) is 11.4. The molecule has 0 fully saturated rings. The Morgan fingerprint density at radius 3 is 1.90 bits per heavy atom. The first-order valence-corrected chi connectivity index (χ1v) is 6.09. The number of carboxylic acids is 3. The van der Waals surface area contributed by atoms with Gasteiger partial charge in [-0.15, -0.1) is 0 Å². The fourth-order valence-electron chi connectivity index (χ4n) is 1.63. The standard InChI is InChI=1S/C12H17NO8/c1-6(14)4-7(5-10(17)18)11(19)13-8(12(20)21)2-3-9(15)16/h7-8H,2-5H2,1H3,(H,13,19)(H,15,16)(H,17,18)(H,20,21)/t7-,8-/m0/s1. The average molecular weight is 303 g/mol. The summed E-state index contributed by atoms with van der Waals surface area (Å²) in [5, 5.41) is 28.1. The molecule has 0 saturated carbocycles. The molecule has 0 aromatic heterocycles. The molecule has 0 rings (SSSR count). The average Bonchev–Trinajstić information content (AvgIpc) is 2.31. The fraction of sp³-hybridized carbons (Fsp3) is 0.583. The third kappa shape index (κ3) is 8.35. The Balaban J connectivity index is 4.80. The van der Waals surface area contributed by atoms with Crippen LogP contribution in [0, 0.1) is 5.92 Å². The lowest BCUT2D eigenvalue weighted by atomic mass is 9.97. The van der Waals surface area contributed by atoms with Crippen LogP contribution in [0.2, 0.25) is 0 Å². The van der Waals surface area contributed by atoms with Gasteiger partial charge in [-0.3, -0.25) is 14.4 Å². The lowest BCUT2D eigenvalue weighted by Gasteiger charge is -2.18. The molecule has 118 valence electrons. The molecule has 0 aliphatic heterocycles. The molecule has 0 aromatic rings. The van der Waals surface area contributed by atoms with E-state index in [1.54, 1.807) is 0 Å². The third-order valence-corrected chi connectivity index (χ3v) is 2.59. The molecule has 4 N–H and O–H groups in total. The molecule has 9 nitrogen and oxygen atoms in total. The number of carboxylic acid groups (broad SMARTS) is 3. The van der Waals surface area contributed by atoms with Gasteiger partial charge in [0.2, 0.25) is 5.91 Å². The van der Waals surface area contributed by atoms with Crippen molar-refractivity contribution in [2.75, 3.05) is 0 Å². The van der Waals surface area contributed by atoms with Gasteiger partial charge in [0.25, 0.3) is 0 Å². The number of hydrogen-bond acceptors (Lipinski definition) is 5. The van der Waals surface area contributed by atoms with Gasteiger partial charge in [0.1, 0.15) is 11.8 Å². The molecule has 0 radical (unpaired) electrons. The number of Topliss-reactive ketones (excluding diaryl/α,β-unsaturated/α-hetero) is 1. The zero-order valence-electron chi connectivity index (χ0n) is 11.4. The zero-order chi connectivity index (χ0) is 16.6. The minimum atomic E-state index is -1.45. The second-order valence-electron chi connectivity index (χ2n) is 4.53. The number of hydrogen-bond donors (Lipinski definition) is 4. The number of rotatable bonds is 10. The van der Waals surface area contributed by atoms with E-state index in [9.17, 15) is 24.0 Å². The summed E-state index contributed by atoms with van der Waals surface area (Å²) in [5.74, 6) is -6.44. The molecule has 0 aromatic carbocycles. The first-order valence-electron chi connectivity index (χ1n) is 6.09. The lowest BCUT2D eigenvalue weighted by molar-refractivity contribution is -0.144. The van der Waals surface area contributed by atoms with Crippen LogP contribution in [0.3, 0.4) is 0 Å². The Hall–Kier alpha value is -2.45. The van der Waals surface area contributed by atoms with Crippen LogP contribution in [0.1, 0.15) is 32.6 Å². The summed E-state index contributed by atoms with van der Waals surface area (Å²) in [7, 11) is 0. The van der Waals surface area contributed by atoms with Gasteiger partial charge in [-0.2, -0.15) is 0 Å². The van der Waals surface area contributed by atoms with E-state index in [1.165, 1.54) is 6.92 Å². The molecule has 0 saturated heterocycles. The normalized spacial score (nSPS) is 13.0. The van der Waals surface area contributed by atoms with Gasteiger partial charge in [-0.1, -0.05) is 0 Å². The molecule has 2 atom stereocenters. The summed E-state index contributed by atoms with van der Waals surface area (Å²) in [6.07, 6.45) is -1.75. The van der Waals surface area contributed by atoms with E-state index in [0.29, 0.717) is 0 Å². The highest BCUT2D eigenvalue weighted by Gasteiger charge is 2.28. The topological polar surface area (TPSA) is 158 Å². The van der Waals surface area contributed by atoms with E-state index < -0.39 is 54.4 Å². The highest BCUT2D eigenvalue weighted by molar-refractivity contribution is 5.90. The van der Waals surface area contributed by atoms with Crippen molar-refractivity contribution in [3.63, 3.8) is 0 Å². The summed E-state index contributed by atoms with van der Waals surface area (Å²) < 4.78 is 0. The molecule has 0 spiro atoms. The predicted octanol–water partition coefficient (Wildman–Crippen LogP) is -0.509. The summed E-state index contributed by atoms with van der Waals surface area (Å²) in [5.41, 5.74) is 0. The van der Waals surface area contributed by atoms with E-state index >= 15 is 0 Å². The SMILES string of the molecule is CC(=O)C[C@@H](CC(=O)O)C(=O)N[C@@H](CCC(=O)O)C(=O)O. The smallest absolute Gasteiger partial charge is 0.326 e. The quantitative estimate of drug-likeness (QED) is 0.420. The maximum Gasteiger partial charge on any atom is 0.326 e. The van der Waals surface area contributed by atoms with Gasteiger partial charge in [0, 0.05) is 12.8 Å². The number of carbonyl (C=O) groups is 5. The largest absolute Gasteiger partial charge is 0.481 e. The third-order valence-electron chi connectivity index (χ3n) is 2.59. The van der Waals surface area contributed by atoms with Gasteiger partial charge in [-0.25, -0.2) is 4.79 Å². The van der Waals surface area contributed by atoms with Crippen LogP contribution in [0.15, 0.2) is 0 Å². The summed E-state index contributed by atoms with van der Waals surface area (Å²) in [6.45, 7) is 1.18. The van der Waals surface area contributed by atoms with E-state index in [2.05, 4.69) is 5.32 Å². The number of amides is 1. The van der Waals surface area contributed by atoms with Crippen LogP contribution in [-0.2, 0) is 24.0 Å². The number of aliphatic carboxylic acids is 3. The second kappa shape index (κ2) is 8.67. The monoisotopic (exact) mass is 303 g/mol. The minimum absolute atomic E-state index is 0.330. The number of nitrogens with one attached hydrogen (secondary N) is 1. The molecular formula is C12H17NO8. The Morgan fingerprint density at radius 1 is 0.952 bits per heavy atom. The minimum Gasteiger partial charge on any atom is -0.481 e. The van der Waals surface area contributed by atoms with E-state index in [-0.39, 0.29) is 12.8 Å². The first kappa shape index (κ1) is 18.6. The predicted molar refractivity (Wildman–Crippen MR) is 67.5 cm³/mol. The Bertz CT molecular complexity index is 429. The Morgan fingerprint density at radius 2 is 1.52 bits per heavy atom. The van der Waals surface area contributed by atoms with Gasteiger partial charge in [-0.05, 0) is 13.3 Å². The van der Waals surface area contributed by atoms with Gasteiger partial charge >= 0.3 is 17.9 Å². The lowest BCUT2D eigenvalue weighted by Crippen LogP contribution is -2.44. The molecular weight excluding hydrogens is 286 g/mol. The molecule has 1 amide bonds. The first-order chi connectivity index (χ1) is 9.63. The maximum absolute atomic E-state index is 11.8. The van der Waals surface area contributed by atoms with Crippen molar-refractivity contribution >= 4 is 29.6 Å². The summed E-state index contributed by atoms with van der Waals surface area (Å²) >= 11 is 0. The fourth-order valence-corrected chi connectivity index (χ4v) is 1.63. The van der Waals surface area contributed by atoms with Crippen molar-refractivity contribution in [3.05, 3.63) is 0 Å². The highest BCUT2D eigenvalue weighted by Crippen LogP contribution is 2.11. The molecule has 0 unspecified atom stereocenters. The van der Waals surface area contributed by atoms with E-state index in [0.717, 1.165) is 0 Å². The Kier molecular flexibility index (Phi) is 7.66. The maximum atomic E-state index is 11.8. The molecule has 21 heavy (non-hydrogen) atoms. The van der Waals surface area contributed by atoms with Crippen LogP contribution in [0.5, 0.6) is 0 Å². The van der Waals surface area contributed by atoms with Crippen LogP contribution in [0.25, 0.3) is 0 Å². The van der Waals surface area contributed by atoms with Crippen molar-refractivity contribution in [2.24, 2.45) is 5.92 Å². The van der Waals surface area contributed by atoms with Crippen LogP contribution < -0.4 is 5.32 Å². The van der Waals surface area contributed by atoms with Crippen molar-refractivity contribution in [1.29, 1.82) is 0 Å². The van der Waals surface area contributed by atoms with Crippen LogP contribution in [-0.4, -0.2) is 51.0 Å². The summed E-state index contributed by atoms with van der Waals surface area (Å²) in [6, 6.07) is -1.45. The second-order valence-corrected chi connectivity index (χ2v) is 4.53. The summed E-state index contributed by atoms with van der Waals surface area (Å²) in [4.78, 5) is 54.8. The van der Waals surface area contributed by atoms with Crippen molar-refractivity contribution in [1.82, 2.24) is 5.32 Å².